The SMILES string of the molecule is CCc1ccc(NC(=O)[C@H](C)OC(=O)COc2cc(C)on2)cc1. The van der Waals surface area contributed by atoms with Crippen molar-refractivity contribution in [3.8, 4) is 5.88 Å². The van der Waals surface area contributed by atoms with Gasteiger partial charge in [-0.15, -0.1) is 0 Å². The predicted octanol–water partition coefficient (Wildman–Crippen LogP) is 2.49. The molecule has 0 saturated heterocycles. The average Bonchev–Trinajstić information content (AvgIpc) is 2.99. The van der Waals surface area contributed by atoms with Gasteiger partial charge in [0.2, 0.25) is 0 Å². The number of hydrogen-bond donors (Lipinski definition) is 1. The van der Waals surface area contributed by atoms with Gasteiger partial charge in [-0.05, 0) is 43.1 Å². The number of benzene rings is 1. The lowest BCUT2D eigenvalue weighted by atomic mass is 10.1. The van der Waals surface area contributed by atoms with E-state index in [1.807, 2.05) is 12.1 Å². The maximum atomic E-state index is 12.0. The van der Waals surface area contributed by atoms with Crippen LogP contribution in [0.2, 0.25) is 0 Å². The van der Waals surface area contributed by atoms with Crippen molar-refractivity contribution in [3.05, 3.63) is 41.7 Å². The molecule has 1 aromatic heterocycles. The normalized spacial score (nSPS) is 11.6. The smallest absolute Gasteiger partial charge is 0.345 e. The fourth-order valence-electron chi connectivity index (χ4n) is 1.90. The molecule has 0 spiro atoms. The van der Waals surface area contributed by atoms with Gasteiger partial charge in [0.15, 0.2) is 12.7 Å². The molecule has 0 saturated carbocycles. The minimum absolute atomic E-state index is 0.192. The Morgan fingerprint density at radius 2 is 2.00 bits per heavy atom. The lowest BCUT2D eigenvalue weighted by molar-refractivity contribution is -0.155. The van der Waals surface area contributed by atoms with E-state index in [0.29, 0.717) is 11.4 Å². The first-order valence-corrected chi connectivity index (χ1v) is 7.63. The van der Waals surface area contributed by atoms with Gasteiger partial charge < -0.3 is 19.3 Å². The van der Waals surface area contributed by atoms with Crippen LogP contribution < -0.4 is 10.1 Å². The second-order valence-electron chi connectivity index (χ2n) is 5.24. The Labute approximate surface area is 139 Å². The second kappa shape index (κ2) is 8.14. The van der Waals surface area contributed by atoms with E-state index in [4.69, 9.17) is 14.0 Å². The molecule has 0 unspecified atom stereocenters. The molecule has 1 atom stereocenters. The van der Waals surface area contributed by atoms with Gasteiger partial charge in [0.05, 0.1) is 0 Å². The summed E-state index contributed by atoms with van der Waals surface area (Å²) in [5.74, 6) is -0.317. The van der Waals surface area contributed by atoms with Crippen LogP contribution in [0.1, 0.15) is 25.2 Å². The Kier molecular flexibility index (Phi) is 5.95. The van der Waals surface area contributed by atoms with Crippen molar-refractivity contribution < 1.29 is 23.6 Å². The number of ether oxygens (including phenoxy) is 2. The molecule has 2 aromatic rings. The van der Waals surface area contributed by atoms with Gasteiger partial charge in [-0.1, -0.05) is 19.1 Å². The fourth-order valence-corrected chi connectivity index (χ4v) is 1.90. The maximum Gasteiger partial charge on any atom is 0.345 e. The predicted molar refractivity (Wildman–Crippen MR) is 86.7 cm³/mol. The largest absolute Gasteiger partial charge is 0.463 e. The number of nitrogens with zero attached hydrogens (tertiary/aromatic N) is 1. The molecule has 0 radical (unpaired) electrons. The second-order valence-corrected chi connectivity index (χ2v) is 5.24. The third-order valence-corrected chi connectivity index (χ3v) is 3.25. The highest BCUT2D eigenvalue weighted by atomic mass is 16.6. The number of aromatic nitrogens is 1. The zero-order valence-electron chi connectivity index (χ0n) is 13.9. The zero-order valence-corrected chi connectivity index (χ0v) is 13.9. The van der Waals surface area contributed by atoms with Crippen LogP contribution in [0.5, 0.6) is 5.88 Å². The summed E-state index contributed by atoms with van der Waals surface area (Å²) in [7, 11) is 0. The minimum atomic E-state index is -0.939. The molecule has 1 heterocycles. The number of carbonyl (C=O) groups excluding carboxylic acids is 2. The van der Waals surface area contributed by atoms with Crippen LogP contribution >= 0.6 is 0 Å². The van der Waals surface area contributed by atoms with Crippen LogP contribution in [0.25, 0.3) is 0 Å². The fraction of sp³-hybridized carbons (Fsp3) is 0.353. The standard InChI is InChI=1S/C17H20N2O5/c1-4-13-5-7-14(8-6-13)18-17(21)12(3)23-16(20)10-22-15-9-11(2)24-19-15/h5-9,12H,4,10H2,1-3H3,(H,18,21)/t12-/m0/s1. The van der Waals surface area contributed by atoms with E-state index in [9.17, 15) is 9.59 Å². The highest BCUT2D eigenvalue weighted by Gasteiger charge is 2.18. The number of amides is 1. The molecule has 24 heavy (non-hydrogen) atoms. The van der Waals surface area contributed by atoms with Crippen LogP contribution in [-0.2, 0) is 20.7 Å². The summed E-state index contributed by atoms with van der Waals surface area (Å²) in [5.41, 5.74) is 1.82. The molecule has 128 valence electrons. The Morgan fingerprint density at radius 1 is 1.29 bits per heavy atom. The first-order valence-electron chi connectivity index (χ1n) is 7.63. The average molecular weight is 332 g/mol. The summed E-state index contributed by atoms with van der Waals surface area (Å²) in [5, 5.41) is 6.28. The van der Waals surface area contributed by atoms with E-state index in [1.54, 1.807) is 25.1 Å². The molecule has 0 bridgehead atoms. The van der Waals surface area contributed by atoms with Crippen molar-refractivity contribution in [3.63, 3.8) is 0 Å². The quantitative estimate of drug-likeness (QED) is 0.783. The molecule has 2 rings (SSSR count). The first kappa shape index (κ1) is 17.5. The van der Waals surface area contributed by atoms with Crippen molar-refractivity contribution in [1.29, 1.82) is 0 Å². The van der Waals surface area contributed by atoms with Gasteiger partial charge in [0.1, 0.15) is 5.76 Å². The van der Waals surface area contributed by atoms with Crippen molar-refractivity contribution in [1.82, 2.24) is 5.16 Å². The molecule has 1 aromatic carbocycles. The highest BCUT2D eigenvalue weighted by molar-refractivity contribution is 5.95. The monoisotopic (exact) mass is 332 g/mol. The van der Waals surface area contributed by atoms with Crippen molar-refractivity contribution in [2.45, 2.75) is 33.3 Å². The van der Waals surface area contributed by atoms with E-state index < -0.39 is 18.0 Å². The molecule has 1 amide bonds. The van der Waals surface area contributed by atoms with Crippen LogP contribution in [0.4, 0.5) is 5.69 Å². The number of nitrogens with one attached hydrogen (secondary N) is 1. The van der Waals surface area contributed by atoms with Crippen molar-refractivity contribution in [2.24, 2.45) is 0 Å². The van der Waals surface area contributed by atoms with Gasteiger partial charge in [0.25, 0.3) is 11.8 Å². The summed E-state index contributed by atoms with van der Waals surface area (Å²) in [4.78, 5) is 23.7. The maximum absolute atomic E-state index is 12.0. The minimum Gasteiger partial charge on any atom is -0.463 e. The number of esters is 1. The zero-order chi connectivity index (χ0) is 17.5. The number of hydrogen-bond acceptors (Lipinski definition) is 6. The summed E-state index contributed by atoms with van der Waals surface area (Å²) >= 11 is 0. The Morgan fingerprint density at radius 3 is 2.58 bits per heavy atom. The Balaban J connectivity index is 1.78. The molecule has 0 aliphatic rings. The third-order valence-electron chi connectivity index (χ3n) is 3.25. The van der Waals surface area contributed by atoms with E-state index in [1.165, 1.54) is 12.5 Å². The molecule has 7 nitrogen and oxygen atoms in total. The lowest BCUT2D eigenvalue weighted by Crippen LogP contribution is -2.31. The number of anilines is 1. The van der Waals surface area contributed by atoms with Crippen LogP contribution in [0.3, 0.4) is 0 Å². The van der Waals surface area contributed by atoms with Gasteiger partial charge >= 0.3 is 5.97 Å². The van der Waals surface area contributed by atoms with E-state index >= 15 is 0 Å². The van der Waals surface area contributed by atoms with E-state index in [2.05, 4.69) is 17.4 Å². The Hall–Kier alpha value is -2.83. The summed E-state index contributed by atoms with van der Waals surface area (Å²) in [6.45, 7) is 4.90. The van der Waals surface area contributed by atoms with Crippen molar-refractivity contribution >= 4 is 17.6 Å². The molecule has 0 aliphatic heterocycles. The third kappa shape index (κ3) is 5.12. The van der Waals surface area contributed by atoms with Crippen LogP contribution in [-0.4, -0.2) is 29.7 Å². The molecule has 7 heteroatoms. The van der Waals surface area contributed by atoms with Gasteiger partial charge in [-0.25, -0.2) is 4.79 Å². The molecule has 1 N–H and O–H groups in total. The van der Waals surface area contributed by atoms with Gasteiger partial charge in [-0.2, -0.15) is 0 Å². The van der Waals surface area contributed by atoms with Crippen molar-refractivity contribution in [2.75, 3.05) is 11.9 Å². The topological polar surface area (TPSA) is 90.7 Å². The first-order chi connectivity index (χ1) is 11.5. The Bertz CT molecular complexity index is 693. The summed E-state index contributed by atoms with van der Waals surface area (Å²) in [6, 6.07) is 9.02. The van der Waals surface area contributed by atoms with Gasteiger partial charge in [0, 0.05) is 11.8 Å². The summed E-state index contributed by atoms with van der Waals surface area (Å²) in [6.07, 6.45) is -0.0150. The molecular weight excluding hydrogens is 312 g/mol. The molecular formula is C17H20N2O5. The molecule has 0 fully saturated rings. The van der Waals surface area contributed by atoms with Crippen LogP contribution in [0.15, 0.2) is 34.9 Å². The van der Waals surface area contributed by atoms with Gasteiger partial charge in [-0.3, -0.25) is 4.79 Å². The lowest BCUT2D eigenvalue weighted by Gasteiger charge is -2.13. The number of rotatable bonds is 7. The number of carbonyl (C=O) groups is 2. The summed E-state index contributed by atoms with van der Waals surface area (Å²) < 4.78 is 14.9. The van der Waals surface area contributed by atoms with E-state index in [-0.39, 0.29) is 12.5 Å². The molecule has 0 aliphatic carbocycles. The highest BCUT2D eigenvalue weighted by Crippen LogP contribution is 2.12. The number of aryl methyl sites for hydroxylation is 2. The van der Waals surface area contributed by atoms with E-state index in [0.717, 1.165) is 6.42 Å². The van der Waals surface area contributed by atoms with Crippen LogP contribution in [0, 0.1) is 6.92 Å².